The first kappa shape index (κ1) is 29.5. The average molecular weight is 599 g/mol. The van der Waals surface area contributed by atoms with E-state index in [9.17, 15) is 4.79 Å². The first-order chi connectivity index (χ1) is 20.7. The van der Waals surface area contributed by atoms with E-state index >= 15 is 0 Å². The summed E-state index contributed by atoms with van der Waals surface area (Å²) in [5.74, 6) is 1.19. The van der Waals surface area contributed by atoms with Gasteiger partial charge in [0.1, 0.15) is 22.7 Å². The third-order valence-corrected chi connectivity index (χ3v) is 10.2. The number of nitrogens with one attached hydrogen (secondary N) is 1. The molecular weight excluding hydrogens is 556 g/mol. The Balaban J connectivity index is 1.17. The van der Waals surface area contributed by atoms with Gasteiger partial charge in [0.25, 0.3) is 0 Å². The van der Waals surface area contributed by atoms with E-state index in [2.05, 4.69) is 59.6 Å². The summed E-state index contributed by atoms with van der Waals surface area (Å²) in [6, 6.07) is 14.3. The summed E-state index contributed by atoms with van der Waals surface area (Å²) < 4.78 is 11.3. The van der Waals surface area contributed by atoms with Crippen molar-refractivity contribution in [1.29, 1.82) is 0 Å². The fourth-order valence-corrected chi connectivity index (χ4v) is 7.30. The highest BCUT2D eigenvalue weighted by atomic mass is 32.1. The molecule has 2 aliphatic rings. The van der Waals surface area contributed by atoms with Gasteiger partial charge in [-0.2, -0.15) is 0 Å². The number of carbonyl (C=O) groups is 1. The van der Waals surface area contributed by atoms with Gasteiger partial charge in [-0.1, -0.05) is 33.3 Å². The largest absolute Gasteiger partial charge is 0.465 e. The van der Waals surface area contributed by atoms with Crippen molar-refractivity contribution >= 4 is 39.6 Å². The van der Waals surface area contributed by atoms with Crippen LogP contribution in [0.1, 0.15) is 73.0 Å². The van der Waals surface area contributed by atoms with Crippen molar-refractivity contribution in [2.75, 3.05) is 44.7 Å². The summed E-state index contributed by atoms with van der Waals surface area (Å²) in [7, 11) is 1.39. The smallest absolute Gasteiger partial charge is 0.341 e. The Hall–Kier alpha value is -3.62. The molecule has 1 aliphatic heterocycles. The van der Waals surface area contributed by atoms with Gasteiger partial charge in [0.15, 0.2) is 0 Å². The molecule has 7 nitrogen and oxygen atoms in total. The molecule has 0 bridgehead atoms. The number of hydrogen-bond donors (Lipinski definition) is 1. The number of pyridine rings is 1. The van der Waals surface area contributed by atoms with Crippen LogP contribution in [-0.4, -0.2) is 60.7 Å². The second kappa shape index (κ2) is 12.2. The van der Waals surface area contributed by atoms with Crippen molar-refractivity contribution in [3.8, 4) is 11.5 Å². The number of aromatic nitrogens is 2. The minimum atomic E-state index is -0.423. The molecule has 0 atom stereocenters. The van der Waals surface area contributed by atoms with Crippen LogP contribution in [0.3, 0.4) is 0 Å². The number of fused-ring (bicyclic) bond motifs is 1. The molecule has 1 N–H and O–H groups in total. The van der Waals surface area contributed by atoms with Crippen molar-refractivity contribution in [3.63, 3.8) is 0 Å². The van der Waals surface area contributed by atoms with Gasteiger partial charge in [-0.25, -0.2) is 9.78 Å². The number of piperazine rings is 1. The van der Waals surface area contributed by atoms with Crippen LogP contribution >= 0.6 is 11.3 Å². The zero-order valence-corrected chi connectivity index (χ0v) is 26.7. The van der Waals surface area contributed by atoms with E-state index in [0.717, 1.165) is 55.9 Å². The van der Waals surface area contributed by atoms with Gasteiger partial charge in [0.2, 0.25) is 0 Å². The summed E-state index contributed by atoms with van der Waals surface area (Å²) in [5.41, 5.74) is 5.78. The maximum atomic E-state index is 12.6. The van der Waals surface area contributed by atoms with E-state index in [4.69, 9.17) is 9.47 Å². The number of rotatable bonds is 8. The minimum Gasteiger partial charge on any atom is -0.465 e. The van der Waals surface area contributed by atoms with Crippen LogP contribution < -0.4 is 9.64 Å². The lowest BCUT2D eigenvalue weighted by atomic mass is 9.74. The van der Waals surface area contributed by atoms with Crippen molar-refractivity contribution in [2.24, 2.45) is 5.41 Å². The predicted octanol–water partition coefficient (Wildman–Crippen LogP) is 8.11. The van der Waals surface area contributed by atoms with Crippen LogP contribution in [0, 0.1) is 5.41 Å². The maximum absolute atomic E-state index is 12.6. The van der Waals surface area contributed by atoms with E-state index < -0.39 is 5.97 Å². The van der Waals surface area contributed by atoms with Gasteiger partial charge in [0.05, 0.1) is 13.3 Å². The van der Waals surface area contributed by atoms with Gasteiger partial charge in [-0.05, 0) is 72.6 Å². The lowest BCUT2D eigenvalue weighted by Crippen LogP contribution is -2.47. The van der Waals surface area contributed by atoms with Crippen LogP contribution in [0.5, 0.6) is 11.5 Å². The quantitative estimate of drug-likeness (QED) is 0.207. The highest BCUT2D eigenvalue weighted by molar-refractivity contribution is 7.13. The lowest BCUT2D eigenvalue weighted by molar-refractivity contribution is 0.0598. The lowest BCUT2D eigenvalue weighted by Gasteiger charge is -2.39. The summed E-state index contributed by atoms with van der Waals surface area (Å²) in [6.45, 7) is 14.3. The number of nitrogens with zero attached hydrogens (tertiary/aromatic N) is 3. The highest BCUT2D eigenvalue weighted by Gasteiger charge is 2.30. The normalized spacial score (nSPS) is 17.6. The topological polar surface area (TPSA) is 70.7 Å². The van der Waals surface area contributed by atoms with Crippen LogP contribution in [0.2, 0.25) is 0 Å². The Labute approximate surface area is 258 Å². The molecule has 8 heteroatoms. The Morgan fingerprint density at radius 1 is 1.09 bits per heavy atom. The molecule has 0 amide bonds. The molecular formula is C35H42N4O3S. The monoisotopic (exact) mass is 598 g/mol. The first-order valence-electron chi connectivity index (χ1n) is 15.3. The Kier molecular flexibility index (Phi) is 8.34. The molecule has 226 valence electrons. The summed E-state index contributed by atoms with van der Waals surface area (Å²) in [5, 5.41) is 0.948. The third kappa shape index (κ3) is 6.50. The van der Waals surface area contributed by atoms with E-state index in [-0.39, 0.29) is 0 Å². The summed E-state index contributed by atoms with van der Waals surface area (Å²) in [6.07, 6.45) is 7.09. The number of H-pyrrole nitrogens is 1. The van der Waals surface area contributed by atoms with Crippen LogP contribution in [-0.2, 0) is 4.74 Å². The molecule has 0 unspecified atom stereocenters. The second-order valence-corrected chi connectivity index (χ2v) is 14.0. The van der Waals surface area contributed by atoms with Crippen LogP contribution in [0.4, 0.5) is 5.69 Å². The molecule has 43 heavy (non-hydrogen) atoms. The maximum Gasteiger partial charge on any atom is 0.341 e. The van der Waals surface area contributed by atoms with Gasteiger partial charge in [0, 0.05) is 65.8 Å². The van der Waals surface area contributed by atoms with Crippen molar-refractivity contribution in [1.82, 2.24) is 14.9 Å². The fourth-order valence-electron chi connectivity index (χ4n) is 6.20. The Morgan fingerprint density at radius 2 is 1.91 bits per heavy atom. The first-order valence-corrected chi connectivity index (χ1v) is 16.1. The molecule has 6 rings (SSSR count). The Morgan fingerprint density at radius 3 is 2.65 bits per heavy atom. The number of esters is 1. The number of thiophene rings is 1. The van der Waals surface area contributed by atoms with Crippen molar-refractivity contribution < 1.29 is 14.3 Å². The average Bonchev–Trinajstić information content (AvgIpc) is 3.68. The third-order valence-electron chi connectivity index (χ3n) is 8.80. The summed E-state index contributed by atoms with van der Waals surface area (Å²) in [4.78, 5) is 28.0. The van der Waals surface area contributed by atoms with Crippen LogP contribution in [0.15, 0.2) is 60.4 Å². The van der Waals surface area contributed by atoms with Gasteiger partial charge in [-0.3, -0.25) is 4.90 Å². The van der Waals surface area contributed by atoms with Crippen molar-refractivity contribution in [2.45, 2.75) is 52.9 Å². The standard InChI is InChI=1S/C35H42N4O3S/c1-23(2)31-8-9-32(43-31)29-20-35(3,4)12-10-25(29)22-38-14-16-39(17-15-38)26-6-7-28(34(40)41-5)30(19-26)42-27-18-24-11-13-36-33(24)37-21-27/h6-9,11,13,18-19,21,23H,10,12,14-17,20,22H2,1-5H3,(H,36,37). The molecule has 4 heterocycles. The number of methoxy groups -OCH3 is 1. The predicted molar refractivity (Wildman–Crippen MR) is 176 cm³/mol. The highest BCUT2D eigenvalue weighted by Crippen LogP contribution is 2.45. The molecule has 1 aliphatic carbocycles. The van der Waals surface area contributed by atoms with E-state index in [1.807, 2.05) is 41.8 Å². The SMILES string of the molecule is COC(=O)c1ccc(N2CCN(CC3=C(c4ccc(C(C)C)s4)CC(C)(C)CC3)CC2)cc1Oc1cnc2[nH]ccc2c1. The van der Waals surface area contributed by atoms with Crippen molar-refractivity contribution in [3.05, 3.63) is 75.7 Å². The Bertz CT molecular complexity index is 1640. The fraction of sp³-hybridized carbons (Fsp3) is 0.429. The molecule has 0 spiro atoms. The van der Waals surface area contributed by atoms with Crippen LogP contribution in [0.25, 0.3) is 16.6 Å². The zero-order chi connectivity index (χ0) is 30.1. The molecule has 0 radical (unpaired) electrons. The number of carbonyl (C=O) groups excluding carboxylic acids is 1. The van der Waals surface area contributed by atoms with E-state index in [1.54, 1.807) is 23.4 Å². The van der Waals surface area contributed by atoms with E-state index in [1.165, 1.54) is 29.7 Å². The van der Waals surface area contributed by atoms with Gasteiger partial charge in [-0.15, -0.1) is 11.3 Å². The molecule has 1 fully saturated rings. The molecule has 4 aromatic rings. The molecule has 3 aromatic heterocycles. The molecule has 0 saturated carbocycles. The van der Waals surface area contributed by atoms with Gasteiger partial charge >= 0.3 is 5.97 Å². The molecule has 1 saturated heterocycles. The number of hydrogen-bond acceptors (Lipinski definition) is 7. The number of anilines is 1. The minimum absolute atomic E-state index is 0.346. The summed E-state index contributed by atoms with van der Waals surface area (Å²) >= 11 is 1.98. The number of ether oxygens (including phenoxy) is 2. The van der Waals surface area contributed by atoms with Gasteiger partial charge < -0.3 is 19.4 Å². The number of aromatic amines is 1. The number of allylic oxidation sites excluding steroid dienone is 1. The van der Waals surface area contributed by atoms with E-state index in [0.29, 0.717) is 28.4 Å². The number of benzene rings is 1. The zero-order valence-electron chi connectivity index (χ0n) is 25.9. The second-order valence-electron chi connectivity index (χ2n) is 12.9. The molecule has 1 aromatic carbocycles.